The van der Waals surface area contributed by atoms with Crippen LogP contribution in [0.1, 0.15) is 22.5 Å². The lowest BCUT2D eigenvalue weighted by Gasteiger charge is -2.28. The first-order valence-corrected chi connectivity index (χ1v) is 5.36. The Morgan fingerprint density at radius 2 is 2.53 bits per heavy atom. The Hall–Kier alpha value is -1.84. The summed E-state index contributed by atoms with van der Waals surface area (Å²) < 4.78 is 5.18. The van der Waals surface area contributed by atoms with Crippen molar-refractivity contribution in [1.82, 2.24) is 10.3 Å². The number of hydrogen-bond acceptors (Lipinski definition) is 4. The van der Waals surface area contributed by atoms with Crippen molar-refractivity contribution in [3.05, 3.63) is 23.5 Å². The molecule has 1 aliphatic heterocycles. The maximum atomic E-state index is 11.8. The number of amides is 1. The topological polar surface area (TPSA) is 98.1 Å². The quantitative estimate of drug-likeness (QED) is 0.659. The van der Waals surface area contributed by atoms with Crippen molar-refractivity contribution in [2.24, 2.45) is 0 Å². The van der Waals surface area contributed by atoms with Crippen molar-refractivity contribution in [1.29, 1.82) is 5.26 Å². The summed E-state index contributed by atoms with van der Waals surface area (Å²) in [5, 5.41) is 21.0. The van der Waals surface area contributed by atoms with E-state index in [1.165, 1.54) is 12.3 Å². The fourth-order valence-corrected chi connectivity index (χ4v) is 1.70. The van der Waals surface area contributed by atoms with Crippen molar-refractivity contribution in [3.63, 3.8) is 0 Å². The van der Waals surface area contributed by atoms with E-state index in [2.05, 4.69) is 10.3 Å². The Morgan fingerprint density at radius 1 is 1.71 bits per heavy atom. The zero-order chi connectivity index (χ0) is 12.3. The molecule has 0 saturated carbocycles. The van der Waals surface area contributed by atoms with Gasteiger partial charge >= 0.3 is 0 Å². The number of rotatable bonds is 2. The molecule has 2 atom stereocenters. The van der Waals surface area contributed by atoms with Gasteiger partial charge in [0.15, 0.2) is 0 Å². The fourth-order valence-electron chi connectivity index (χ4n) is 1.70. The Balaban J connectivity index is 1.99. The summed E-state index contributed by atoms with van der Waals surface area (Å²) in [6, 6.07) is 2.99. The largest absolute Gasteiger partial charge is 0.391 e. The van der Waals surface area contributed by atoms with E-state index in [1.807, 2.05) is 6.07 Å². The molecular formula is C11H13N3O3. The van der Waals surface area contributed by atoms with Crippen molar-refractivity contribution >= 4 is 5.91 Å². The van der Waals surface area contributed by atoms with Gasteiger partial charge in [0.2, 0.25) is 0 Å². The highest BCUT2D eigenvalue weighted by molar-refractivity contribution is 5.93. The monoisotopic (exact) mass is 235 g/mol. The minimum atomic E-state index is -0.585. The van der Waals surface area contributed by atoms with Gasteiger partial charge in [-0.25, -0.2) is 0 Å². The molecule has 0 radical (unpaired) electrons. The number of aliphatic hydroxyl groups is 1. The van der Waals surface area contributed by atoms with Gasteiger partial charge in [-0.15, -0.1) is 0 Å². The number of ether oxygens (including phenoxy) is 1. The molecule has 0 aliphatic carbocycles. The summed E-state index contributed by atoms with van der Waals surface area (Å²) in [6.45, 7) is 0.813. The standard InChI is InChI=1S/C11H13N3O3/c12-4-7-3-8(13-5-7)11(16)14-9-6-17-2-1-10(9)15/h3,5,9-10,13,15H,1-2,6H2,(H,14,16)/t9-,10-/m1/s1. The maximum Gasteiger partial charge on any atom is 0.268 e. The first kappa shape index (κ1) is 11.6. The smallest absolute Gasteiger partial charge is 0.268 e. The highest BCUT2D eigenvalue weighted by Gasteiger charge is 2.25. The van der Waals surface area contributed by atoms with E-state index in [0.717, 1.165) is 0 Å². The minimum absolute atomic E-state index is 0.304. The highest BCUT2D eigenvalue weighted by Crippen LogP contribution is 2.09. The second-order valence-electron chi connectivity index (χ2n) is 3.92. The molecule has 0 spiro atoms. The average Bonchev–Trinajstić information content (AvgIpc) is 2.81. The van der Waals surface area contributed by atoms with E-state index in [1.54, 1.807) is 0 Å². The molecule has 1 fully saturated rings. The van der Waals surface area contributed by atoms with Gasteiger partial charge in [0.1, 0.15) is 11.8 Å². The molecule has 1 aliphatic rings. The second-order valence-corrected chi connectivity index (χ2v) is 3.92. The summed E-state index contributed by atoms with van der Waals surface area (Å²) in [7, 11) is 0. The predicted octanol–water partition coefficient (Wildman–Crippen LogP) is -0.234. The molecule has 1 aromatic heterocycles. The Kier molecular flexibility index (Phi) is 3.42. The summed E-state index contributed by atoms with van der Waals surface area (Å²) in [6.07, 6.45) is 1.39. The summed E-state index contributed by atoms with van der Waals surface area (Å²) in [5.41, 5.74) is 0.704. The van der Waals surface area contributed by atoms with Crippen LogP contribution in [0.2, 0.25) is 0 Å². The molecule has 17 heavy (non-hydrogen) atoms. The average molecular weight is 235 g/mol. The second kappa shape index (κ2) is 4.99. The highest BCUT2D eigenvalue weighted by atomic mass is 16.5. The Morgan fingerprint density at radius 3 is 3.18 bits per heavy atom. The van der Waals surface area contributed by atoms with E-state index >= 15 is 0 Å². The van der Waals surface area contributed by atoms with E-state index < -0.39 is 12.1 Å². The number of H-pyrrole nitrogens is 1. The van der Waals surface area contributed by atoms with E-state index in [9.17, 15) is 9.90 Å². The van der Waals surface area contributed by atoms with Crippen molar-refractivity contribution in [2.45, 2.75) is 18.6 Å². The van der Waals surface area contributed by atoms with Crippen LogP contribution in [0.3, 0.4) is 0 Å². The molecule has 0 bridgehead atoms. The zero-order valence-corrected chi connectivity index (χ0v) is 9.14. The van der Waals surface area contributed by atoms with Gasteiger partial charge in [-0.05, 0) is 12.5 Å². The zero-order valence-electron chi connectivity index (χ0n) is 9.14. The predicted molar refractivity (Wildman–Crippen MR) is 58.2 cm³/mol. The lowest BCUT2D eigenvalue weighted by molar-refractivity contribution is -0.0140. The van der Waals surface area contributed by atoms with Gasteiger partial charge in [-0.1, -0.05) is 0 Å². The normalized spacial score (nSPS) is 24.0. The number of nitriles is 1. The first-order chi connectivity index (χ1) is 8.20. The van der Waals surface area contributed by atoms with E-state index in [-0.39, 0.29) is 5.91 Å². The third kappa shape index (κ3) is 2.64. The third-order valence-electron chi connectivity index (χ3n) is 2.69. The van der Waals surface area contributed by atoms with E-state index in [4.69, 9.17) is 10.00 Å². The van der Waals surface area contributed by atoms with Crippen LogP contribution >= 0.6 is 0 Å². The first-order valence-electron chi connectivity index (χ1n) is 5.36. The molecular weight excluding hydrogens is 222 g/mol. The van der Waals surface area contributed by atoms with Gasteiger partial charge in [0.25, 0.3) is 5.91 Å². The summed E-state index contributed by atoms with van der Waals surface area (Å²) in [5.74, 6) is -0.346. The molecule has 0 aromatic carbocycles. The molecule has 6 nitrogen and oxygen atoms in total. The number of carbonyl (C=O) groups excluding carboxylic acids is 1. The number of hydrogen-bond donors (Lipinski definition) is 3. The molecule has 3 N–H and O–H groups in total. The van der Waals surface area contributed by atoms with Gasteiger partial charge in [-0.3, -0.25) is 4.79 Å². The molecule has 2 rings (SSSR count). The van der Waals surface area contributed by atoms with Crippen LogP contribution in [0.4, 0.5) is 0 Å². The number of aromatic amines is 1. The summed E-state index contributed by atoms with van der Waals surface area (Å²) >= 11 is 0. The molecule has 6 heteroatoms. The molecule has 1 saturated heterocycles. The van der Waals surface area contributed by atoms with Gasteiger partial charge in [0, 0.05) is 12.8 Å². The van der Waals surface area contributed by atoms with Crippen LogP contribution in [0.5, 0.6) is 0 Å². The third-order valence-corrected chi connectivity index (χ3v) is 2.69. The number of carbonyl (C=O) groups is 1. The fraction of sp³-hybridized carbons (Fsp3) is 0.455. The lowest BCUT2D eigenvalue weighted by Crippen LogP contribution is -2.49. The van der Waals surface area contributed by atoms with Crippen LogP contribution in [-0.2, 0) is 4.74 Å². The van der Waals surface area contributed by atoms with Gasteiger partial charge < -0.3 is 20.1 Å². The number of nitrogens with zero attached hydrogens (tertiary/aromatic N) is 1. The van der Waals surface area contributed by atoms with Crippen LogP contribution in [0.15, 0.2) is 12.3 Å². The summed E-state index contributed by atoms with van der Waals surface area (Å²) in [4.78, 5) is 14.5. The lowest BCUT2D eigenvalue weighted by atomic mass is 10.1. The molecule has 0 unspecified atom stereocenters. The van der Waals surface area contributed by atoms with Gasteiger partial charge in [-0.2, -0.15) is 5.26 Å². The molecule has 1 amide bonds. The van der Waals surface area contributed by atoms with E-state index in [0.29, 0.717) is 30.9 Å². The maximum absolute atomic E-state index is 11.8. The molecule has 90 valence electrons. The van der Waals surface area contributed by atoms with Crippen LogP contribution in [0, 0.1) is 11.3 Å². The van der Waals surface area contributed by atoms with Crippen LogP contribution < -0.4 is 5.32 Å². The molecule has 1 aromatic rings. The SMILES string of the molecule is N#Cc1c[nH]c(C(=O)N[C@@H]2COCC[C@H]2O)c1. The van der Waals surface area contributed by atoms with Gasteiger partial charge in [0.05, 0.1) is 24.3 Å². The van der Waals surface area contributed by atoms with Crippen LogP contribution in [0.25, 0.3) is 0 Å². The number of nitrogens with one attached hydrogen (secondary N) is 2. The van der Waals surface area contributed by atoms with Crippen molar-refractivity contribution in [3.8, 4) is 6.07 Å². The van der Waals surface area contributed by atoms with Crippen LogP contribution in [-0.4, -0.2) is 41.4 Å². The Bertz CT molecular complexity index is 449. The number of aromatic nitrogens is 1. The van der Waals surface area contributed by atoms with Crippen molar-refractivity contribution < 1.29 is 14.6 Å². The number of aliphatic hydroxyl groups excluding tert-OH is 1. The minimum Gasteiger partial charge on any atom is -0.391 e. The Labute approximate surface area is 98.2 Å². The van der Waals surface area contributed by atoms with Crippen molar-refractivity contribution in [2.75, 3.05) is 13.2 Å². The molecule has 2 heterocycles.